The number of aliphatic hydroxyl groups is 1. The quantitative estimate of drug-likeness (QED) is 0.652. The van der Waals surface area contributed by atoms with Gasteiger partial charge in [0.05, 0.1) is 12.1 Å². The highest BCUT2D eigenvalue weighted by atomic mass is 16.3. The van der Waals surface area contributed by atoms with Crippen molar-refractivity contribution >= 4 is 5.91 Å². The molecule has 0 radical (unpaired) electrons. The van der Waals surface area contributed by atoms with Gasteiger partial charge in [0, 0.05) is 12.0 Å². The van der Waals surface area contributed by atoms with Gasteiger partial charge in [-0.2, -0.15) is 0 Å². The van der Waals surface area contributed by atoms with Crippen LogP contribution in [-0.4, -0.2) is 36.2 Å². The fraction of sp³-hybridized carbons (Fsp3) is 0.923. The van der Waals surface area contributed by atoms with Gasteiger partial charge in [-0.25, -0.2) is 0 Å². The van der Waals surface area contributed by atoms with Crippen LogP contribution >= 0.6 is 0 Å². The molecule has 0 aromatic heterocycles. The van der Waals surface area contributed by atoms with Crippen molar-refractivity contribution in [3.8, 4) is 0 Å². The Labute approximate surface area is 104 Å². The van der Waals surface area contributed by atoms with Crippen molar-refractivity contribution in [2.45, 2.75) is 52.0 Å². The first-order valence-electron chi connectivity index (χ1n) is 6.60. The SMILES string of the molecule is CCNC(C)(C)C(=O)NCC1(CO)CCCC1. The lowest BCUT2D eigenvalue weighted by Gasteiger charge is -2.30. The van der Waals surface area contributed by atoms with Crippen LogP contribution in [0.3, 0.4) is 0 Å². The van der Waals surface area contributed by atoms with Gasteiger partial charge in [-0.05, 0) is 33.2 Å². The van der Waals surface area contributed by atoms with Crippen molar-refractivity contribution in [2.24, 2.45) is 5.41 Å². The van der Waals surface area contributed by atoms with Gasteiger partial charge in [0.2, 0.25) is 5.91 Å². The lowest BCUT2D eigenvalue weighted by atomic mass is 9.87. The molecule has 1 fully saturated rings. The second kappa shape index (κ2) is 5.83. The lowest BCUT2D eigenvalue weighted by molar-refractivity contribution is -0.127. The fourth-order valence-electron chi connectivity index (χ4n) is 2.53. The van der Waals surface area contributed by atoms with Crippen molar-refractivity contribution in [1.82, 2.24) is 10.6 Å². The molecule has 1 amide bonds. The van der Waals surface area contributed by atoms with Crippen molar-refractivity contribution in [1.29, 1.82) is 0 Å². The molecule has 100 valence electrons. The third kappa shape index (κ3) is 3.68. The molecule has 1 saturated carbocycles. The summed E-state index contributed by atoms with van der Waals surface area (Å²) in [7, 11) is 0. The summed E-state index contributed by atoms with van der Waals surface area (Å²) >= 11 is 0. The van der Waals surface area contributed by atoms with Crippen molar-refractivity contribution in [2.75, 3.05) is 19.7 Å². The van der Waals surface area contributed by atoms with E-state index >= 15 is 0 Å². The highest BCUT2D eigenvalue weighted by Gasteiger charge is 2.35. The molecule has 1 rings (SSSR count). The average molecular weight is 242 g/mol. The van der Waals surface area contributed by atoms with E-state index in [2.05, 4.69) is 10.6 Å². The summed E-state index contributed by atoms with van der Waals surface area (Å²) in [5.74, 6) is 0.0130. The number of amides is 1. The predicted molar refractivity (Wildman–Crippen MR) is 68.8 cm³/mol. The first-order chi connectivity index (χ1) is 7.96. The van der Waals surface area contributed by atoms with Gasteiger partial charge >= 0.3 is 0 Å². The van der Waals surface area contributed by atoms with E-state index in [0.29, 0.717) is 6.54 Å². The molecule has 0 aromatic carbocycles. The Balaban J connectivity index is 2.46. The molecule has 17 heavy (non-hydrogen) atoms. The van der Waals surface area contributed by atoms with E-state index in [9.17, 15) is 9.90 Å². The van der Waals surface area contributed by atoms with Crippen molar-refractivity contribution in [3.63, 3.8) is 0 Å². The molecule has 3 N–H and O–H groups in total. The minimum Gasteiger partial charge on any atom is -0.396 e. The van der Waals surface area contributed by atoms with Gasteiger partial charge in [-0.1, -0.05) is 19.8 Å². The summed E-state index contributed by atoms with van der Waals surface area (Å²) in [5, 5.41) is 15.6. The number of hydrogen-bond donors (Lipinski definition) is 3. The molecular formula is C13H26N2O2. The van der Waals surface area contributed by atoms with E-state index in [1.165, 1.54) is 0 Å². The van der Waals surface area contributed by atoms with Crippen LogP contribution in [0.25, 0.3) is 0 Å². The standard InChI is InChI=1S/C13H26N2O2/c1-4-15-12(2,3)11(17)14-9-13(10-16)7-5-6-8-13/h15-16H,4-10H2,1-3H3,(H,14,17). The largest absolute Gasteiger partial charge is 0.396 e. The second-order valence-corrected chi connectivity index (χ2v) is 5.70. The Morgan fingerprint density at radius 3 is 2.41 bits per heavy atom. The minimum atomic E-state index is -0.538. The van der Waals surface area contributed by atoms with Gasteiger partial charge in [0.25, 0.3) is 0 Å². The number of hydrogen-bond acceptors (Lipinski definition) is 3. The summed E-state index contributed by atoms with van der Waals surface area (Å²) in [5.41, 5.74) is -0.609. The fourth-order valence-corrected chi connectivity index (χ4v) is 2.53. The van der Waals surface area contributed by atoms with Crippen molar-refractivity contribution < 1.29 is 9.90 Å². The van der Waals surface area contributed by atoms with E-state index in [-0.39, 0.29) is 17.9 Å². The van der Waals surface area contributed by atoms with Crippen LogP contribution < -0.4 is 10.6 Å². The Morgan fingerprint density at radius 1 is 1.35 bits per heavy atom. The van der Waals surface area contributed by atoms with Crippen LogP contribution in [0.1, 0.15) is 46.5 Å². The number of carbonyl (C=O) groups is 1. The molecule has 0 atom stereocenters. The second-order valence-electron chi connectivity index (χ2n) is 5.70. The van der Waals surface area contributed by atoms with Gasteiger partial charge in [0.15, 0.2) is 0 Å². The number of aliphatic hydroxyl groups excluding tert-OH is 1. The molecule has 1 aliphatic carbocycles. The summed E-state index contributed by atoms with van der Waals surface area (Å²) in [6.07, 6.45) is 4.36. The van der Waals surface area contributed by atoms with Gasteiger partial charge in [-0.3, -0.25) is 4.79 Å². The molecular weight excluding hydrogens is 216 g/mol. The van der Waals surface area contributed by atoms with E-state index in [1.807, 2.05) is 20.8 Å². The molecule has 0 unspecified atom stereocenters. The van der Waals surface area contributed by atoms with E-state index in [4.69, 9.17) is 0 Å². The van der Waals surface area contributed by atoms with Crippen molar-refractivity contribution in [3.05, 3.63) is 0 Å². The molecule has 0 spiro atoms. The van der Waals surface area contributed by atoms with Crippen LogP contribution in [0, 0.1) is 5.41 Å². The zero-order valence-corrected chi connectivity index (χ0v) is 11.3. The topological polar surface area (TPSA) is 61.4 Å². The van der Waals surface area contributed by atoms with Gasteiger partial charge in [0.1, 0.15) is 0 Å². The van der Waals surface area contributed by atoms with Crippen LogP contribution in [0.2, 0.25) is 0 Å². The van der Waals surface area contributed by atoms with Crippen LogP contribution in [-0.2, 0) is 4.79 Å². The first kappa shape index (κ1) is 14.5. The number of carbonyl (C=O) groups excluding carboxylic acids is 1. The first-order valence-corrected chi connectivity index (χ1v) is 6.60. The average Bonchev–Trinajstić information content (AvgIpc) is 2.75. The molecule has 0 aliphatic heterocycles. The summed E-state index contributed by atoms with van der Waals surface area (Å²) < 4.78 is 0. The van der Waals surface area contributed by atoms with Crippen LogP contribution in [0.4, 0.5) is 0 Å². The smallest absolute Gasteiger partial charge is 0.239 e. The van der Waals surface area contributed by atoms with Gasteiger partial charge < -0.3 is 15.7 Å². The third-order valence-corrected chi connectivity index (χ3v) is 3.81. The van der Waals surface area contributed by atoms with Crippen LogP contribution in [0.5, 0.6) is 0 Å². The Bertz CT molecular complexity index is 258. The maximum absolute atomic E-state index is 12.0. The molecule has 0 bridgehead atoms. The molecule has 0 heterocycles. The monoisotopic (exact) mass is 242 g/mol. The van der Waals surface area contributed by atoms with Gasteiger partial charge in [-0.15, -0.1) is 0 Å². The Morgan fingerprint density at radius 2 is 1.94 bits per heavy atom. The van der Waals surface area contributed by atoms with Crippen LogP contribution in [0.15, 0.2) is 0 Å². The number of likely N-dealkylation sites (N-methyl/N-ethyl adjacent to an activating group) is 1. The minimum absolute atomic E-state index is 0.0130. The van der Waals surface area contributed by atoms with E-state index in [1.54, 1.807) is 0 Å². The normalized spacial score (nSPS) is 19.3. The Hall–Kier alpha value is -0.610. The van der Waals surface area contributed by atoms with E-state index < -0.39 is 5.54 Å². The highest BCUT2D eigenvalue weighted by Crippen LogP contribution is 2.36. The molecule has 4 nitrogen and oxygen atoms in total. The third-order valence-electron chi connectivity index (χ3n) is 3.81. The van der Waals surface area contributed by atoms with E-state index in [0.717, 1.165) is 32.2 Å². The molecule has 1 aliphatic rings. The molecule has 4 heteroatoms. The summed E-state index contributed by atoms with van der Waals surface area (Å²) in [4.78, 5) is 12.0. The zero-order chi connectivity index (χ0) is 12.9. The molecule has 0 saturated heterocycles. The maximum atomic E-state index is 12.0. The predicted octanol–water partition coefficient (Wildman–Crippen LogP) is 1.04. The Kier molecular flexibility index (Phi) is 4.95. The summed E-state index contributed by atoms with van der Waals surface area (Å²) in [6.45, 7) is 7.29. The zero-order valence-electron chi connectivity index (χ0n) is 11.3. The number of rotatable bonds is 6. The lowest BCUT2D eigenvalue weighted by Crippen LogP contribution is -2.54. The maximum Gasteiger partial charge on any atom is 0.239 e. The molecule has 0 aromatic rings. The summed E-state index contributed by atoms with van der Waals surface area (Å²) in [6, 6.07) is 0. The highest BCUT2D eigenvalue weighted by molar-refractivity contribution is 5.85. The number of nitrogens with one attached hydrogen (secondary N) is 2.